The average molecular weight is 257 g/mol. The molecule has 1 fully saturated rings. The molecule has 0 aromatic heterocycles. The molecule has 4 nitrogen and oxygen atoms in total. The SMILES string of the molecule is Cl.Nc1ccccc1C(=O)N1CCCOCC1. The fourth-order valence-electron chi connectivity index (χ4n) is 1.81. The largest absolute Gasteiger partial charge is 0.398 e. The molecule has 0 saturated carbocycles. The third-order valence-corrected chi connectivity index (χ3v) is 2.70. The van der Waals surface area contributed by atoms with Crippen LogP contribution in [0, 0.1) is 0 Å². The number of ether oxygens (including phenoxy) is 1. The minimum Gasteiger partial charge on any atom is -0.398 e. The Balaban J connectivity index is 0.00000144. The molecule has 0 radical (unpaired) electrons. The van der Waals surface area contributed by atoms with Gasteiger partial charge in [0, 0.05) is 25.4 Å². The maximum atomic E-state index is 12.2. The van der Waals surface area contributed by atoms with Crippen LogP contribution in [0.2, 0.25) is 0 Å². The van der Waals surface area contributed by atoms with Crippen LogP contribution in [0.5, 0.6) is 0 Å². The van der Waals surface area contributed by atoms with Crippen molar-refractivity contribution in [3.63, 3.8) is 0 Å². The third-order valence-electron chi connectivity index (χ3n) is 2.70. The second kappa shape index (κ2) is 6.47. The fourth-order valence-corrected chi connectivity index (χ4v) is 1.81. The summed E-state index contributed by atoms with van der Waals surface area (Å²) in [6.07, 6.45) is 0.887. The maximum Gasteiger partial charge on any atom is 0.256 e. The Kier molecular flexibility index (Phi) is 5.25. The van der Waals surface area contributed by atoms with Gasteiger partial charge in [0.1, 0.15) is 0 Å². The maximum absolute atomic E-state index is 12.2. The molecule has 0 unspecified atom stereocenters. The van der Waals surface area contributed by atoms with E-state index in [0.29, 0.717) is 24.4 Å². The molecule has 2 N–H and O–H groups in total. The number of halogens is 1. The van der Waals surface area contributed by atoms with Crippen molar-refractivity contribution >= 4 is 24.0 Å². The predicted octanol–water partition coefficient (Wildman–Crippen LogP) is 1.55. The van der Waals surface area contributed by atoms with E-state index in [1.165, 1.54) is 0 Å². The van der Waals surface area contributed by atoms with Crippen LogP contribution in [0.4, 0.5) is 5.69 Å². The van der Waals surface area contributed by atoms with Crippen LogP contribution < -0.4 is 5.73 Å². The number of amides is 1. The zero-order chi connectivity index (χ0) is 11.4. The molecule has 2 rings (SSSR count). The number of hydrogen-bond acceptors (Lipinski definition) is 3. The first kappa shape index (κ1) is 13.8. The second-order valence-corrected chi connectivity index (χ2v) is 3.85. The summed E-state index contributed by atoms with van der Waals surface area (Å²) in [5.74, 6) is 0.00333. The highest BCUT2D eigenvalue weighted by molar-refractivity contribution is 5.99. The number of carbonyl (C=O) groups excluding carboxylic acids is 1. The van der Waals surface area contributed by atoms with Crippen molar-refractivity contribution in [2.24, 2.45) is 0 Å². The molecule has 0 aliphatic carbocycles. The van der Waals surface area contributed by atoms with Crippen molar-refractivity contribution in [1.82, 2.24) is 4.90 Å². The Morgan fingerprint density at radius 2 is 2.00 bits per heavy atom. The highest BCUT2D eigenvalue weighted by atomic mass is 35.5. The van der Waals surface area contributed by atoms with Crippen LogP contribution >= 0.6 is 12.4 Å². The van der Waals surface area contributed by atoms with Gasteiger partial charge in [0.15, 0.2) is 0 Å². The van der Waals surface area contributed by atoms with Gasteiger partial charge in [0.2, 0.25) is 0 Å². The number of anilines is 1. The lowest BCUT2D eigenvalue weighted by atomic mass is 10.1. The van der Waals surface area contributed by atoms with Gasteiger partial charge in [-0.1, -0.05) is 12.1 Å². The molecule has 1 amide bonds. The summed E-state index contributed by atoms with van der Waals surface area (Å²) in [5, 5.41) is 0. The Bertz CT molecular complexity index is 377. The molecule has 1 aliphatic rings. The summed E-state index contributed by atoms with van der Waals surface area (Å²) in [5.41, 5.74) is 6.92. The van der Waals surface area contributed by atoms with Crippen molar-refractivity contribution in [2.75, 3.05) is 32.0 Å². The van der Waals surface area contributed by atoms with Crippen LogP contribution in [0.1, 0.15) is 16.8 Å². The molecule has 0 spiro atoms. The van der Waals surface area contributed by atoms with E-state index < -0.39 is 0 Å². The topological polar surface area (TPSA) is 55.6 Å². The van der Waals surface area contributed by atoms with Crippen molar-refractivity contribution in [3.8, 4) is 0 Å². The number of benzene rings is 1. The van der Waals surface area contributed by atoms with E-state index >= 15 is 0 Å². The molecule has 1 heterocycles. The molecule has 0 atom stereocenters. The first-order chi connectivity index (χ1) is 7.79. The summed E-state index contributed by atoms with van der Waals surface area (Å²) < 4.78 is 5.32. The van der Waals surface area contributed by atoms with E-state index in [0.717, 1.165) is 19.6 Å². The summed E-state index contributed by atoms with van der Waals surface area (Å²) in [6, 6.07) is 7.18. The van der Waals surface area contributed by atoms with E-state index in [4.69, 9.17) is 10.5 Å². The zero-order valence-corrected chi connectivity index (χ0v) is 10.4. The summed E-state index contributed by atoms with van der Waals surface area (Å²) in [6.45, 7) is 2.73. The lowest BCUT2D eigenvalue weighted by Crippen LogP contribution is -2.33. The molecule has 94 valence electrons. The minimum absolute atomic E-state index is 0. The average Bonchev–Trinajstić information content (AvgIpc) is 2.57. The van der Waals surface area contributed by atoms with Gasteiger partial charge in [0.05, 0.1) is 12.2 Å². The van der Waals surface area contributed by atoms with Crippen LogP contribution in [0.15, 0.2) is 24.3 Å². The Labute approximate surface area is 107 Å². The Morgan fingerprint density at radius 1 is 1.24 bits per heavy atom. The predicted molar refractivity (Wildman–Crippen MR) is 69.4 cm³/mol. The second-order valence-electron chi connectivity index (χ2n) is 3.85. The van der Waals surface area contributed by atoms with Crippen LogP contribution in [0.3, 0.4) is 0 Å². The lowest BCUT2D eigenvalue weighted by Gasteiger charge is -2.20. The molecule has 1 saturated heterocycles. The molecule has 1 aliphatic heterocycles. The van der Waals surface area contributed by atoms with Gasteiger partial charge in [-0.3, -0.25) is 4.79 Å². The number of hydrogen-bond donors (Lipinski definition) is 1. The van der Waals surface area contributed by atoms with Gasteiger partial charge in [0.25, 0.3) is 5.91 Å². The number of nitrogens with two attached hydrogens (primary N) is 1. The van der Waals surface area contributed by atoms with E-state index in [2.05, 4.69) is 0 Å². The number of para-hydroxylation sites is 1. The Morgan fingerprint density at radius 3 is 2.76 bits per heavy atom. The first-order valence-electron chi connectivity index (χ1n) is 5.50. The third kappa shape index (κ3) is 3.35. The van der Waals surface area contributed by atoms with Gasteiger partial charge in [-0.15, -0.1) is 12.4 Å². The quantitative estimate of drug-likeness (QED) is 0.776. The Hall–Kier alpha value is -1.26. The zero-order valence-electron chi connectivity index (χ0n) is 9.59. The standard InChI is InChI=1S/C12H16N2O2.ClH/c13-11-5-2-1-4-10(11)12(15)14-6-3-8-16-9-7-14;/h1-2,4-5H,3,6-9,13H2;1H. The van der Waals surface area contributed by atoms with E-state index in [9.17, 15) is 4.79 Å². The van der Waals surface area contributed by atoms with Gasteiger partial charge in [-0.25, -0.2) is 0 Å². The van der Waals surface area contributed by atoms with Crippen molar-refractivity contribution < 1.29 is 9.53 Å². The van der Waals surface area contributed by atoms with E-state index in [1.54, 1.807) is 17.0 Å². The molecule has 0 bridgehead atoms. The van der Waals surface area contributed by atoms with Crippen molar-refractivity contribution in [3.05, 3.63) is 29.8 Å². The van der Waals surface area contributed by atoms with Gasteiger partial charge in [-0.05, 0) is 18.6 Å². The van der Waals surface area contributed by atoms with Crippen molar-refractivity contribution in [2.45, 2.75) is 6.42 Å². The number of carbonyl (C=O) groups is 1. The lowest BCUT2D eigenvalue weighted by molar-refractivity contribution is 0.0742. The van der Waals surface area contributed by atoms with Crippen LogP contribution in [0.25, 0.3) is 0 Å². The van der Waals surface area contributed by atoms with Gasteiger partial charge >= 0.3 is 0 Å². The highest BCUT2D eigenvalue weighted by Gasteiger charge is 2.18. The first-order valence-corrected chi connectivity index (χ1v) is 5.50. The summed E-state index contributed by atoms with van der Waals surface area (Å²) in [4.78, 5) is 14.0. The van der Waals surface area contributed by atoms with Gasteiger partial charge in [-0.2, -0.15) is 0 Å². The molecule has 17 heavy (non-hydrogen) atoms. The van der Waals surface area contributed by atoms with Crippen LogP contribution in [-0.2, 0) is 4.74 Å². The number of nitrogen functional groups attached to an aromatic ring is 1. The summed E-state index contributed by atoms with van der Waals surface area (Å²) >= 11 is 0. The molecule has 1 aromatic rings. The van der Waals surface area contributed by atoms with Crippen molar-refractivity contribution in [1.29, 1.82) is 0 Å². The normalized spacial score (nSPS) is 15.9. The van der Waals surface area contributed by atoms with Crippen LogP contribution in [-0.4, -0.2) is 37.1 Å². The monoisotopic (exact) mass is 256 g/mol. The van der Waals surface area contributed by atoms with E-state index in [-0.39, 0.29) is 18.3 Å². The molecular weight excluding hydrogens is 240 g/mol. The summed E-state index contributed by atoms with van der Waals surface area (Å²) in [7, 11) is 0. The fraction of sp³-hybridized carbons (Fsp3) is 0.417. The van der Waals surface area contributed by atoms with E-state index in [1.807, 2.05) is 12.1 Å². The molecular formula is C12H17ClN2O2. The minimum atomic E-state index is 0. The highest BCUT2D eigenvalue weighted by Crippen LogP contribution is 2.14. The van der Waals surface area contributed by atoms with Gasteiger partial charge < -0.3 is 15.4 Å². The number of rotatable bonds is 1. The smallest absolute Gasteiger partial charge is 0.256 e. The molecule has 5 heteroatoms. The molecule has 1 aromatic carbocycles. The number of nitrogens with zero attached hydrogens (tertiary/aromatic N) is 1.